The molecule has 0 rings (SSSR count). The van der Waals surface area contributed by atoms with Crippen LogP contribution in [0.5, 0.6) is 0 Å². The van der Waals surface area contributed by atoms with Crippen LogP contribution in [0.4, 0.5) is 0 Å². The monoisotopic (exact) mass is 202 g/mol. The number of hydrogen-bond donors (Lipinski definition) is 2. The summed E-state index contributed by atoms with van der Waals surface area (Å²) in [5, 5.41) is 19.5. The quantitative estimate of drug-likeness (QED) is 0.666. The second-order valence-electron chi connectivity index (χ2n) is 4.68. The fourth-order valence-corrected chi connectivity index (χ4v) is 1.69. The number of rotatable bonds is 7. The topological polar surface area (TPSA) is 40.5 Å². The van der Waals surface area contributed by atoms with Gasteiger partial charge in [0.25, 0.3) is 0 Å². The van der Waals surface area contributed by atoms with Gasteiger partial charge in [-0.2, -0.15) is 0 Å². The Hall–Kier alpha value is -0.0800. The third kappa shape index (κ3) is 5.61. The van der Waals surface area contributed by atoms with Crippen molar-refractivity contribution in [2.45, 2.75) is 71.5 Å². The molecule has 0 aromatic carbocycles. The second kappa shape index (κ2) is 6.41. The van der Waals surface area contributed by atoms with Gasteiger partial charge in [0.05, 0.1) is 11.7 Å². The standard InChI is InChI=1S/C12H26O2/c1-5-10(3)7-8-12(14,6-2)9-11(4)13/h10-11,13-14H,5-9H2,1-4H3. The van der Waals surface area contributed by atoms with Gasteiger partial charge in [-0.05, 0) is 32.1 Å². The molecule has 2 heteroatoms. The first-order valence-electron chi connectivity index (χ1n) is 5.84. The van der Waals surface area contributed by atoms with Gasteiger partial charge in [-0.25, -0.2) is 0 Å². The zero-order valence-electron chi connectivity index (χ0n) is 10.1. The maximum absolute atomic E-state index is 10.2. The van der Waals surface area contributed by atoms with Crippen molar-refractivity contribution in [2.24, 2.45) is 5.92 Å². The summed E-state index contributed by atoms with van der Waals surface area (Å²) in [6.07, 6.45) is 3.84. The molecule has 0 spiro atoms. The molecule has 0 aromatic rings. The highest BCUT2D eigenvalue weighted by molar-refractivity contribution is 4.79. The lowest BCUT2D eigenvalue weighted by Crippen LogP contribution is -2.32. The predicted octanol–water partition coefficient (Wildman–Crippen LogP) is 2.72. The molecule has 0 aliphatic carbocycles. The molecule has 14 heavy (non-hydrogen) atoms. The molecule has 0 aromatic heterocycles. The van der Waals surface area contributed by atoms with E-state index in [-0.39, 0.29) is 0 Å². The van der Waals surface area contributed by atoms with Crippen LogP contribution in [0.1, 0.15) is 59.8 Å². The van der Waals surface area contributed by atoms with Crippen molar-refractivity contribution in [1.82, 2.24) is 0 Å². The van der Waals surface area contributed by atoms with Crippen molar-refractivity contribution >= 4 is 0 Å². The minimum atomic E-state index is -0.655. The van der Waals surface area contributed by atoms with Crippen molar-refractivity contribution in [3.8, 4) is 0 Å². The van der Waals surface area contributed by atoms with Gasteiger partial charge in [0.2, 0.25) is 0 Å². The van der Waals surface area contributed by atoms with Crippen molar-refractivity contribution in [3.63, 3.8) is 0 Å². The van der Waals surface area contributed by atoms with E-state index >= 15 is 0 Å². The molecule has 0 saturated heterocycles. The van der Waals surface area contributed by atoms with E-state index in [0.29, 0.717) is 12.3 Å². The molecule has 0 saturated carbocycles. The largest absolute Gasteiger partial charge is 0.393 e. The van der Waals surface area contributed by atoms with Crippen molar-refractivity contribution in [1.29, 1.82) is 0 Å². The average molecular weight is 202 g/mol. The fraction of sp³-hybridized carbons (Fsp3) is 1.00. The SMILES string of the molecule is CCC(C)CCC(O)(CC)CC(C)O. The lowest BCUT2D eigenvalue weighted by atomic mass is 9.86. The van der Waals surface area contributed by atoms with E-state index < -0.39 is 11.7 Å². The summed E-state index contributed by atoms with van der Waals surface area (Å²) < 4.78 is 0. The van der Waals surface area contributed by atoms with Crippen molar-refractivity contribution in [2.75, 3.05) is 0 Å². The van der Waals surface area contributed by atoms with Crippen LogP contribution < -0.4 is 0 Å². The lowest BCUT2D eigenvalue weighted by Gasteiger charge is -2.29. The average Bonchev–Trinajstić information content (AvgIpc) is 2.13. The van der Waals surface area contributed by atoms with Gasteiger partial charge >= 0.3 is 0 Å². The number of aliphatic hydroxyl groups is 2. The zero-order valence-corrected chi connectivity index (χ0v) is 10.1. The summed E-state index contributed by atoms with van der Waals surface area (Å²) in [5.74, 6) is 0.669. The molecule has 0 amide bonds. The molecule has 0 heterocycles. The molecule has 3 atom stereocenters. The van der Waals surface area contributed by atoms with Crippen LogP contribution in [0.3, 0.4) is 0 Å². The van der Waals surface area contributed by atoms with Crippen molar-refractivity contribution in [3.05, 3.63) is 0 Å². The maximum Gasteiger partial charge on any atom is 0.0669 e. The van der Waals surface area contributed by atoms with Gasteiger partial charge in [-0.3, -0.25) is 0 Å². The zero-order chi connectivity index (χ0) is 11.2. The van der Waals surface area contributed by atoms with Crippen LogP contribution in [-0.4, -0.2) is 21.9 Å². The Morgan fingerprint density at radius 2 is 1.79 bits per heavy atom. The van der Waals surface area contributed by atoms with Crippen LogP contribution >= 0.6 is 0 Å². The van der Waals surface area contributed by atoms with Gasteiger partial charge < -0.3 is 10.2 Å². The normalized spacial score (nSPS) is 20.1. The molecular weight excluding hydrogens is 176 g/mol. The fourth-order valence-electron chi connectivity index (χ4n) is 1.69. The van der Waals surface area contributed by atoms with Crippen LogP contribution in [0, 0.1) is 5.92 Å². The Balaban J connectivity index is 3.98. The Labute approximate surface area is 88.3 Å². The number of aliphatic hydroxyl groups excluding tert-OH is 1. The molecule has 2 N–H and O–H groups in total. The van der Waals surface area contributed by atoms with E-state index in [2.05, 4.69) is 13.8 Å². The summed E-state index contributed by atoms with van der Waals surface area (Å²) >= 11 is 0. The molecule has 2 nitrogen and oxygen atoms in total. The summed E-state index contributed by atoms with van der Waals surface area (Å²) in [7, 11) is 0. The maximum atomic E-state index is 10.2. The van der Waals surface area contributed by atoms with Gasteiger partial charge in [0.15, 0.2) is 0 Å². The molecule has 0 aliphatic rings. The minimum Gasteiger partial charge on any atom is -0.393 e. The van der Waals surface area contributed by atoms with Gasteiger partial charge in [-0.15, -0.1) is 0 Å². The van der Waals surface area contributed by atoms with E-state index in [4.69, 9.17) is 0 Å². The highest BCUT2D eigenvalue weighted by Gasteiger charge is 2.26. The van der Waals surface area contributed by atoms with E-state index in [1.54, 1.807) is 6.92 Å². The highest BCUT2D eigenvalue weighted by atomic mass is 16.3. The third-order valence-corrected chi connectivity index (χ3v) is 3.13. The van der Waals surface area contributed by atoms with Crippen molar-refractivity contribution < 1.29 is 10.2 Å². The Kier molecular flexibility index (Phi) is 6.38. The summed E-state index contributed by atoms with van der Waals surface area (Å²) in [5.41, 5.74) is -0.655. The molecular formula is C12H26O2. The molecule has 3 unspecified atom stereocenters. The van der Waals surface area contributed by atoms with Gasteiger partial charge in [-0.1, -0.05) is 27.2 Å². The molecule has 0 radical (unpaired) electrons. The first kappa shape index (κ1) is 13.9. The van der Waals surface area contributed by atoms with E-state index in [1.165, 1.54) is 0 Å². The Morgan fingerprint density at radius 1 is 1.21 bits per heavy atom. The van der Waals surface area contributed by atoms with E-state index in [1.807, 2.05) is 6.92 Å². The third-order valence-electron chi connectivity index (χ3n) is 3.13. The molecule has 86 valence electrons. The highest BCUT2D eigenvalue weighted by Crippen LogP contribution is 2.26. The van der Waals surface area contributed by atoms with Gasteiger partial charge in [0.1, 0.15) is 0 Å². The van der Waals surface area contributed by atoms with E-state index in [0.717, 1.165) is 25.7 Å². The van der Waals surface area contributed by atoms with Crippen LogP contribution in [0.2, 0.25) is 0 Å². The van der Waals surface area contributed by atoms with E-state index in [9.17, 15) is 10.2 Å². The summed E-state index contributed by atoms with van der Waals surface area (Å²) in [6, 6.07) is 0. The molecule has 0 bridgehead atoms. The smallest absolute Gasteiger partial charge is 0.0669 e. The van der Waals surface area contributed by atoms with Crippen LogP contribution in [0.15, 0.2) is 0 Å². The first-order valence-corrected chi connectivity index (χ1v) is 5.84. The first-order chi connectivity index (χ1) is 6.43. The number of hydrogen-bond acceptors (Lipinski definition) is 2. The van der Waals surface area contributed by atoms with Crippen LogP contribution in [-0.2, 0) is 0 Å². The predicted molar refractivity (Wildman–Crippen MR) is 60.2 cm³/mol. The Bertz CT molecular complexity index is 145. The molecule has 0 aliphatic heterocycles. The second-order valence-corrected chi connectivity index (χ2v) is 4.68. The summed E-state index contributed by atoms with van der Waals surface area (Å²) in [6.45, 7) is 8.10. The van der Waals surface area contributed by atoms with Crippen LogP contribution in [0.25, 0.3) is 0 Å². The summed E-state index contributed by atoms with van der Waals surface area (Å²) in [4.78, 5) is 0. The minimum absolute atomic E-state index is 0.406. The van der Waals surface area contributed by atoms with Gasteiger partial charge in [0, 0.05) is 6.42 Å². The lowest BCUT2D eigenvalue weighted by molar-refractivity contribution is -0.0198. The Morgan fingerprint density at radius 3 is 2.14 bits per heavy atom. The molecule has 0 fully saturated rings.